The molecule has 2 aliphatic rings. The van der Waals surface area contributed by atoms with Crippen molar-refractivity contribution in [1.82, 2.24) is 10.0 Å². The van der Waals surface area contributed by atoms with E-state index in [0.29, 0.717) is 5.94 Å². The third-order valence-corrected chi connectivity index (χ3v) is 6.51. The summed E-state index contributed by atoms with van der Waals surface area (Å²) in [5, 5.41) is 3.28. The number of fused-ring (bicyclic) bond motifs is 5. The van der Waals surface area contributed by atoms with E-state index in [0.717, 1.165) is 40.2 Å². The monoisotopic (exact) mass is 429 g/mol. The predicted octanol–water partition coefficient (Wildman–Crippen LogP) is 3.84. The van der Waals surface area contributed by atoms with Crippen molar-refractivity contribution in [3.63, 3.8) is 0 Å². The Morgan fingerprint density at radius 3 is 3.25 bits per heavy atom. The summed E-state index contributed by atoms with van der Waals surface area (Å²) in [6.45, 7) is 2.95. The van der Waals surface area contributed by atoms with Gasteiger partial charge in [-0.05, 0) is 40.0 Å². The van der Waals surface area contributed by atoms with Crippen molar-refractivity contribution in [3.8, 4) is 5.75 Å². The maximum Gasteiger partial charge on any atom is 0.152 e. The van der Waals surface area contributed by atoms with Crippen LogP contribution in [0.15, 0.2) is 16.6 Å². The molecule has 2 unspecified atom stereocenters. The first-order chi connectivity index (χ1) is 11.7. The molecule has 3 N–H and O–H groups in total. The number of rotatable bonds is 3. The normalized spacial score (nSPS) is 24.5. The van der Waals surface area contributed by atoms with Crippen molar-refractivity contribution >= 4 is 50.6 Å². The van der Waals surface area contributed by atoms with Crippen molar-refractivity contribution in [2.45, 2.75) is 25.4 Å². The fraction of sp³-hybridized carbons (Fsp3) is 0.500. The molecule has 130 valence electrons. The Balaban J connectivity index is 1.79. The average Bonchev–Trinajstić information content (AvgIpc) is 2.81. The van der Waals surface area contributed by atoms with E-state index < -0.39 is 0 Å². The first-order valence-corrected chi connectivity index (χ1v) is 10.9. The summed E-state index contributed by atoms with van der Waals surface area (Å²) in [5.74, 6) is 3.37. The van der Waals surface area contributed by atoms with E-state index >= 15 is 0 Å². The Morgan fingerprint density at radius 2 is 2.42 bits per heavy atom. The molecule has 1 aromatic heterocycles. The second-order valence-electron chi connectivity index (χ2n) is 5.95. The molecule has 4 rings (SSSR count). The van der Waals surface area contributed by atoms with Gasteiger partial charge < -0.3 is 14.9 Å². The second kappa shape index (κ2) is 7.09. The number of hydrogen-bond acceptors (Lipinski definition) is 6. The van der Waals surface area contributed by atoms with Gasteiger partial charge >= 0.3 is 0 Å². The van der Waals surface area contributed by atoms with Gasteiger partial charge in [0.25, 0.3) is 0 Å². The largest absolute Gasteiger partial charge is 0.425 e. The maximum absolute atomic E-state index is 6.45. The van der Waals surface area contributed by atoms with Crippen molar-refractivity contribution in [2.75, 3.05) is 24.0 Å². The van der Waals surface area contributed by atoms with Gasteiger partial charge in [-0.2, -0.15) is 5.06 Å². The lowest BCUT2D eigenvalue weighted by atomic mass is 9.95. The number of aromatic amines is 1. The molecule has 2 aromatic rings. The van der Waals surface area contributed by atoms with Gasteiger partial charge in [0.05, 0.1) is 22.6 Å². The molecule has 0 saturated carbocycles. The van der Waals surface area contributed by atoms with Crippen LogP contribution in [0, 0.1) is 0 Å². The molecule has 5 nitrogen and oxygen atoms in total. The van der Waals surface area contributed by atoms with Gasteiger partial charge in [-0.1, -0.05) is 6.92 Å². The Bertz CT molecular complexity index is 754. The highest BCUT2D eigenvalue weighted by atomic mass is 79.9. The van der Waals surface area contributed by atoms with Crippen LogP contribution >= 0.6 is 39.7 Å². The van der Waals surface area contributed by atoms with Crippen molar-refractivity contribution in [3.05, 3.63) is 27.9 Å². The van der Waals surface area contributed by atoms with Crippen LogP contribution in [0.25, 0.3) is 10.9 Å². The van der Waals surface area contributed by atoms with Crippen LogP contribution in [0.1, 0.15) is 24.2 Å². The van der Waals surface area contributed by atoms with E-state index in [4.69, 9.17) is 14.8 Å². The van der Waals surface area contributed by atoms with Crippen LogP contribution in [-0.4, -0.2) is 40.1 Å². The summed E-state index contributed by atoms with van der Waals surface area (Å²) in [4.78, 5) is 9.48. The quantitative estimate of drug-likeness (QED) is 0.722. The summed E-state index contributed by atoms with van der Waals surface area (Å²) in [5.41, 5.74) is 10.1. The van der Waals surface area contributed by atoms with E-state index in [1.54, 1.807) is 11.8 Å². The molecule has 0 amide bonds. The smallest absolute Gasteiger partial charge is 0.152 e. The topological polar surface area (TPSA) is 63.5 Å². The molecule has 0 radical (unpaired) electrons. The molecular weight excluding hydrogens is 410 g/mol. The number of nitrogens with zero attached hydrogens (tertiary/aromatic N) is 1. The van der Waals surface area contributed by atoms with Gasteiger partial charge in [-0.15, -0.1) is 11.8 Å². The van der Waals surface area contributed by atoms with Crippen LogP contribution in [0.2, 0.25) is 0 Å². The third-order valence-electron chi connectivity index (χ3n) is 4.46. The number of nitrogens with one attached hydrogen (secondary N) is 1. The zero-order chi connectivity index (χ0) is 16.7. The van der Waals surface area contributed by atoms with Crippen LogP contribution in [0.4, 0.5) is 0 Å². The van der Waals surface area contributed by atoms with E-state index in [1.165, 1.54) is 28.7 Å². The molecule has 2 aliphatic heterocycles. The molecular formula is C16H20BrN3O2S2. The van der Waals surface area contributed by atoms with Gasteiger partial charge in [-0.3, -0.25) is 4.84 Å². The Labute approximate surface area is 158 Å². The predicted molar refractivity (Wildman–Crippen MR) is 104 cm³/mol. The zero-order valence-corrected chi connectivity index (χ0v) is 16.6. The zero-order valence-electron chi connectivity index (χ0n) is 13.4. The fourth-order valence-electron chi connectivity index (χ4n) is 3.44. The highest BCUT2D eigenvalue weighted by Gasteiger charge is 2.37. The first-order valence-electron chi connectivity index (χ1n) is 8.05. The number of nitrogens with two attached hydrogens (primary N) is 1. The number of benzene rings is 1. The minimum absolute atomic E-state index is 0.0550. The van der Waals surface area contributed by atoms with Gasteiger partial charge in [0.15, 0.2) is 5.75 Å². The third kappa shape index (κ3) is 2.97. The van der Waals surface area contributed by atoms with E-state index in [2.05, 4.69) is 45.0 Å². The van der Waals surface area contributed by atoms with Crippen molar-refractivity contribution in [1.29, 1.82) is 0 Å². The lowest BCUT2D eigenvalue weighted by Crippen LogP contribution is -2.44. The SMILES string of the molecule is CCSOc1cc2c3c([nH]c2cc1Br)C1C(N)CSCON1CC3. The average molecular weight is 430 g/mol. The Hall–Kier alpha value is -0.380. The summed E-state index contributed by atoms with van der Waals surface area (Å²) in [6.07, 6.45) is 0.950. The number of aromatic nitrogens is 1. The Morgan fingerprint density at radius 1 is 1.54 bits per heavy atom. The van der Waals surface area contributed by atoms with Gasteiger partial charge in [0.2, 0.25) is 0 Å². The summed E-state index contributed by atoms with van der Waals surface area (Å²) < 4.78 is 6.76. The van der Waals surface area contributed by atoms with Gasteiger partial charge in [-0.25, -0.2) is 0 Å². The van der Waals surface area contributed by atoms with Crippen LogP contribution < -0.4 is 9.92 Å². The molecule has 1 fully saturated rings. The summed E-state index contributed by atoms with van der Waals surface area (Å²) >= 11 is 6.82. The number of H-pyrrole nitrogens is 1. The highest BCUT2D eigenvalue weighted by Crippen LogP contribution is 2.41. The minimum Gasteiger partial charge on any atom is -0.425 e. The lowest BCUT2D eigenvalue weighted by Gasteiger charge is -2.35. The molecule has 8 heteroatoms. The van der Waals surface area contributed by atoms with E-state index in [1.807, 2.05) is 0 Å². The van der Waals surface area contributed by atoms with Crippen LogP contribution in [0.5, 0.6) is 5.75 Å². The van der Waals surface area contributed by atoms with Crippen molar-refractivity contribution < 1.29 is 9.02 Å². The fourth-order valence-corrected chi connectivity index (χ4v) is 5.11. The molecule has 0 bridgehead atoms. The van der Waals surface area contributed by atoms with Crippen LogP contribution in [-0.2, 0) is 11.3 Å². The molecule has 24 heavy (non-hydrogen) atoms. The number of hydrogen-bond donors (Lipinski definition) is 2. The lowest BCUT2D eigenvalue weighted by molar-refractivity contribution is -0.175. The minimum atomic E-state index is 0.0550. The summed E-state index contributed by atoms with van der Waals surface area (Å²) in [6, 6.07) is 4.37. The Kier molecular flexibility index (Phi) is 5.04. The van der Waals surface area contributed by atoms with Crippen molar-refractivity contribution in [2.24, 2.45) is 5.73 Å². The van der Waals surface area contributed by atoms with Crippen LogP contribution in [0.3, 0.4) is 0 Å². The summed E-state index contributed by atoms with van der Waals surface area (Å²) in [7, 11) is 0. The standard InChI is InChI=1S/C16H20BrN3O2S2/c1-2-24-22-14-5-10-9-3-4-20-16(12(18)7-23-8-21-20)15(9)19-13(10)6-11(14)17/h5-6,12,16,19H,2-4,7-8,18H2,1H3. The molecule has 3 heterocycles. The molecule has 0 spiro atoms. The van der Waals surface area contributed by atoms with Gasteiger partial charge in [0.1, 0.15) is 5.94 Å². The molecule has 0 aliphatic carbocycles. The number of halogens is 1. The second-order valence-corrected chi connectivity index (χ2v) is 8.76. The number of thioether (sulfide) groups is 1. The maximum atomic E-state index is 6.45. The molecule has 2 atom stereocenters. The highest BCUT2D eigenvalue weighted by molar-refractivity contribution is 9.10. The molecule has 1 saturated heterocycles. The van der Waals surface area contributed by atoms with E-state index in [9.17, 15) is 0 Å². The van der Waals surface area contributed by atoms with Gasteiger partial charge in [0, 0.05) is 40.7 Å². The molecule has 1 aromatic carbocycles. The first kappa shape index (κ1) is 17.1. The van der Waals surface area contributed by atoms with E-state index in [-0.39, 0.29) is 12.1 Å². The number of hydroxylamine groups is 2.